The lowest BCUT2D eigenvalue weighted by molar-refractivity contribution is -0.150. The molecule has 1 atom stereocenters. The molecular weight excluding hydrogens is 274 g/mol. The van der Waals surface area contributed by atoms with Gasteiger partial charge in [0.15, 0.2) is 11.5 Å². The summed E-state index contributed by atoms with van der Waals surface area (Å²) in [6.45, 7) is 4.08. The predicted molar refractivity (Wildman–Crippen MR) is 75.2 cm³/mol. The Hall–Kier alpha value is -2.24. The Bertz CT molecular complexity index is 583. The Balaban J connectivity index is 2.27. The van der Waals surface area contributed by atoms with Gasteiger partial charge in [-0.2, -0.15) is 0 Å². The summed E-state index contributed by atoms with van der Waals surface area (Å²) in [7, 11) is 0. The largest absolute Gasteiger partial charge is 0.504 e. The lowest BCUT2D eigenvalue weighted by atomic mass is 9.76. The van der Waals surface area contributed by atoms with E-state index >= 15 is 0 Å². The minimum absolute atomic E-state index is 0.0139. The van der Waals surface area contributed by atoms with Crippen LogP contribution >= 0.6 is 0 Å². The van der Waals surface area contributed by atoms with Gasteiger partial charge in [-0.15, -0.1) is 0 Å². The topological polar surface area (TPSA) is 98.1 Å². The van der Waals surface area contributed by atoms with Crippen molar-refractivity contribution < 1.29 is 24.9 Å². The maximum atomic E-state index is 12.4. The van der Waals surface area contributed by atoms with Crippen molar-refractivity contribution >= 4 is 11.9 Å². The first kappa shape index (κ1) is 15.2. The molecule has 1 fully saturated rings. The summed E-state index contributed by atoms with van der Waals surface area (Å²) in [6.07, 6.45) is 0.380. The summed E-state index contributed by atoms with van der Waals surface area (Å²) >= 11 is 0. The Morgan fingerprint density at radius 1 is 1.29 bits per heavy atom. The van der Waals surface area contributed by atoms with Crippen molar-refractivity contribution in [1.82, 2.24) is 4.90 Å². The SMILES string of the molecule is CC(C)C1(C(=O)O)CCN(C(=O)c2cccc(O)c2O)C1. The Morgan fingerprint density at radius 3 is 2.48 bits per heavy atom. The van der Waals surface area contributed by atoms with Crippen LogP contribution in [0, 0.1) is 11.3 Å². The van der Waals surface area contributed by atoms with Crippen LogP contribution in [-0.2, 0) is 4.79 Å². The second kappa shape index (κ2) is 5.27. The zero-order valence-electron chi connectivity index (χ0n) is 12.0. The molecule has 1 saturated heterocycles. The van der Waals surface area contributed by atoms with E-state index in [1.54, 1.807) is 0 Å². The molecule has 0 bridgehead atoms. The number of carboxylic acid groups (broad SMARTS) is 1. The van der Waals surface area contributed by atoms with Crippen LogP contribution in [0.4, 0.5) is 0 Å². The van der Waals surface area contributed by atoms with Gasteiger partial charge in [-0.25, -0.2) is 0 Å². The molecular formula is C15H19NO5. The van der Waals surface area contributed by atoms with E-state index in [0.717, 1.165) is 0 Å². The fraction of sp³-hybridized carbons (Fsp3) is 0.467. The summed E-state index contributed by atoms with van der Waals surface area (Å²) in [5.74, 6) is -2.32. The number of likely N-dealkylation sites (tertiary alicyclic amines) is 1. The molecule has 0 saturated carbocycles. The minimum atomic E-state index is -0.956. The van der Waals surface area contributed by atoms with Crippen molar-refractivity contribution in [3.63, 3.8) is 0 Å². The number of phenols is 2. The van der Waals surface area contributed by atoms with Gasteiger partial charge in [0.25, 0.3) is 5.91 Å². The third-order valence-corrected chi connectivity index (χ3v) is 4.36. The van der Waals surface area contributed by atoms with E-state index in [1.807, 2.05) is 13.8 Å². The number of rotatable bonds is 3. The number of carbonyl (C=O) groups excluding carboxylic acids is 1. The lowest BCUT2D eigenvalue weighted by Crippen LogP contribution is -2.40. The van der Waals surface area contributed by atoms with Gasteiger partial charge in [0.1, 0.15) is 0 Å². The van der Waals surface area contributed by atoms with E-state index < -0.39 is 23.0 Å². The van der Waals surface area contributed by atoms with Crippen LogP contribution in [0.2, 0.25) is 0 Å². The highest BCUT2D eigenvalue weighted by Crippen LogP contribution is 2.39. The van der Waals surface area contributed by atoms with Crippen LogP contribution in [0.3, 0.4) is 0 Å². The second-order valence-corrected chi connectivity index (χ2v) is 5.77. The molecule has 1 aromatic rings. The Kier molecular flexibility index (Phi) is 3.80. The number of para-hydroxylation sites is 1. The van der Waals surface area contributed by atoms with Gasteiger partial charge < -0.3 is 20.2 Å². The van der Waals surface area contributed by atoms with Crippen molar-refractivity contribution in [2.45, 2.75) is 20.3 Å². The molecule has 3 N–H and O–H groups in total. The Labute approximate surface area is 122 Å². The van der Waals surface area contributed by atoms with Crippen molar-refractivity contribution in [1.29, 1.82) is 0 Å². The molecule has 1 aromatic carbocycles. The van der Waals surface area contributed by atoms with Gasteiger partial charge in [-0.3, -0.25) is 9.59 Å². The highest BCUT2D eigenvalue weighted by Gasteiger charge is 2.48. The number of carboxylic acids is 1. The maximum absolute atomic E-state index is 12.4. The standard InChI is InChI=1S/C15H19NO5/c1-9(2)15(14(20)21)6-7-16(8-15)13(19)10-4-3-5-11(17)12(10)18/h3-5,9,17-18H,6-8H2,1-2H3,(H,20,21). The van der Waals surface area contributed by atoms with E-state index in [1.165, 1.54) is 23.1 Å². The number of aromatic hydroxyl groups is 2. The van der Waals surface area contributed by atoms with Crippen molar-refractivity contribution in [2.75, 3.05) is 13.1 Å². The van der Waals surface area contributed by atoms with Crippen LogP contribution < -0.4 is 0 Å². The van der Waals surface area contributed by atoms with Crippen LogP contribution in [-0.4, -0.2) is 45.2 Å². The summed E-state index contributed by atoms with van der Waals surface area (Å²) in [5, 5.41) is 28.7. The molecule has 0 spiro atoms. The van der Waals surface area contributed by atoms with Crippen LogP contribution in [0.25, 0.3) is 0 Å². The first-order valence-electron chi connectivity index (χ1n) is 6.83. The normalized spacial score (nSPS) is 21.8. The first-order chi connectivity index (χ1) is 9.79. The predicted octanol–water partition coefficient (Wildman–Crippen LogP) is 1.67. The molecule has 0 aromatic heterocycles. The number of aliphatic carboxylic acids is 1. The number of phenolic OH excluding ortho intramolecular Hbond substituents is 2. The number of carbonyl (C=O) groups is 2. The molecule has 6 nitrogen and oxygen atoms in total. The number of hydrogen-bond acceptors (Lipinski definition) is 4. The lowest BCUT2D eigenvalue weighted by Gasteiger charge is -2.28. The molecule has 1 amide bonds. The molecule has 6 heteroatoms. The molecule has 2 rings (SSSR count). The molecule has 114 valence electrons. The number of benzene rings is 1. The van der Waals surface area contributed by atoms with Gasteiger partial charge >= 0.3 is 5.97 Å². The minimum Gasteiger partial charge on any atom is -0.504 e. The molecule has 0 aliphatic carbocycles. The van der Waals surface area contributed by atoms with Gasteiger partial charge in [-0.05, 0) is 24.5 Å². The van der Waals surface area contributed by atoms with Crippen LogP contribution in [0.1, 0.15) is 30.6 Å². The second-order valence-electron chi connectivity index (χ2n) is 5.77. The van der Waals surface area contributed by atoms with Gasteiger partial charge in [0.2, 0.25) is 0 Å². The summed E-state index contributed by atoms with van der Waals surface area (Å²) in [5.41, 5.74) is -0.970. The van der Waals surface area contributed by atoms with Crippen molar-refractivity contribution in [3.05, 3.63) is 23.8 Å². The van der Waals surface area contributed by atoms with E-state index in [2.05, 4.69) is 0 Å². The maximum Gasteiger partial charge on any atom is 0.311 e. The van der Waals surface area contributed by atoms with Gasteiger partial charge in [0.05, 0.1) is 11.0 Å². The first-order valence-corrected chi connectivity index (χ1v) is 6.83. The van der Waals surface area contributed by atoms with E-state index in [9.17, 15) is 24.9 Å². The van der Waals surface area contributed by atoms with Crippen molar-refractivity contribution in [3.8, 4) is 11.5 Å². The fourth-order valence-electron chi connectivity index (χ4n) is 2.77. The van der Waals surface area contributed by atoms with Crippen molar-refractivity contribution in [2.24, 2.45) is 11.3 Å². The van der Waals surface area contributed by atoms with Gasteiger partial charge in [-0.1, -0.05) is 19.9 Å². The summed E-state index contributed by atoms with van der Waals surface area (Å²) in [6, 6.07) is 4.16. The van der Waals surface area contributed by atoms with E-state index in [-0.39, 0.29) is 23.8 Å². The average Bonchev–Trinajstić information content (AvgIpc) is 2.87. The smallest absolute Gasteiger partial charge is 0.311 e. The van der Waals surface area contributed by atoms with E-state index in [4.69, 9.17) is 0 Å². The van der Waals surface area contributed by atoms with Crippen LogP contribution in [0.15, 0.2) is 18.2 Å². The summed E-state index contributed by atoms with van der Waals surface area (Å²) in [4.78, 5) is 25.4. The van der Waals surface area contributed by atoms with Crippen LogP contribution in [0.5, 0.6) is 11.5 Å². The molecule has 1 heterocycles. The summed E-state index contributed by atoms with van der Waals surface area (Å²) < 4.78 is 0. The molecule has 21 heavy (non-hydrogen) atoms. The monoisotopic (exact) mass is 293 g/mol. The number of nitrogens with zero attached hydrogens (tertiary/aromatic N) is 1. The fourth-order valence-corrected chi connectivity index (χ4v) is 2.77. The molecule has 1 aliphatic rings. The zero-order chi connectivity index (χ0) is 15.8. The third-order valence-electron chi connectivity index (χ3n) is 4.36. The highest BCUT2D eigenvalue weighted by atomic mass is 16.4. The molecule has 0 radical (unpaired) electrons. The molecule has 1 aliphatic heterocycles. The average molecular weight is 293 g/mol. The number of amides is 1. The number of hydrogen-bond donors (Lipinski definition) is 3. The Morgan fingerprint density at radius 2 is 1.95 bits per heavy atom. The van der Waals surface area contributed by atoms with Gasteiger partial charge in [0, 0.05) is 13.1 Å². The highest BCUT2D eigenvalue weighted by molar-refractivity contribution is 5.98. The third kappa shape index (κ3) is 2.41. The molecule has 1 unspecified atom stereocenters. The quantitative estimate of drug-likeness (QED) is 0.736. The van der Waals surface area contributed by atoms with E-state index in [0.29, 0.717) is 13.0 Å². The zero-order valence-corrected chi connectivity index (χ0v) is 12.0.